The quantitative estimate of drug-likeness (QED) is 0.427. The number of hydrogen-bond donors (Lipinski definition) is 0. The Morgan fingerprint density at radius 3 is 0.636 bits per heavy atom. The molecule has 0 fully saturated rings. The van der Waals surface area contributed by atoms with Crippen molar-refractivity contribution in [2.24, 2.45) is 0 Å². The fourth-order valence-corrected chi connectivity index (χ4v) is 0. The maximum absolute atomic E-state index is 8.58. The molecular weight excluding hydrogens is 301 g/mol. The topological polar surface area (TPSA) is 149 Å². The first-order valence-electron chi connectivity index (χ1n) is 1.23. The summed E-state index contributed by atoms with van der Waals surface area (Å²) in [7, 11) is 0. The number of rotatable bonds is 0. The molecule has 8 nitrogen and oxygen atoms in total. The SMILES string of the molecule is [Cu+2].[O]=[Mn](=[O])(=[O])[O-].[O]=[Mn](=[O])(=[O])[O-]. The molecule has 0 amide bonds. The van der Waals surface area contributed by atoms with Crippen LogP contribution in [0.15, 0.2) is 0 Å². The maximum atomic E-state index is 8.58. The van der Waals surface area contributed by atoms with Crippen molar-refractivity contribution < 1.29 is 74.4 Å². The molecule has 0 aliphatic carbocycles. The van der Waals surface area contributed by atoms with E-state index in [2.05, 4.69) is 0 Å². The van der Waals surface area contributed by atoms with Gasteiger partial charge >= 0.3 is 74.4 Å². The van der Waals surface area contributed by atoms with Crippen LogP contribution in [0.25, 0.3) is 0 Å². The normalized spacial score (nSPS) is 10.4. The van der Waals surface area contributed by atoms with Crippen molar-refractivity contribution >= 4 is 0 Å². The zero-order valence-electron chi connectivity index (χ0n) is 4.32. The molecule has 0 unspecified atom stereocenters. The van der Waals surface area contributed by atoms with Crippen LogP contribution in [-0.4, -0.2) is 0 Å². The molecule has 0 aromatic heterocycles. The summed E-state index contributed by atoms with van der Waals surface area (Å²) in [4.78, 5) is 0. The second kappa shape index (κ2) is 5.87. The zero-order valence-corrected chi connectivity index (χ0v) is 7.63. The summed E-state index contributed by atoms with van der Waals surface area (Å²) in [6, 6.07) is 0. The van der Waals surface area contributed by atoms with E-state index in [9.17, 15) is 0 Å². The van der Waals surface area contributed by atoms with Crippen molar-refractivity contribution in [1.29, 1.82) is 0 Å². The molecule has 0 aromatic rings. The van der Waals surface area contributed by atoms with Gasteiger partial charge in [0.25, 0.3) is 0 Å². The summed E-state index contributed by atoms with van der Waals surface area (Å²) in [6.07, 6.45) is 0. The Morgan fingerprint density at radius 2 is 0.636 bits per heavy atom. The van der Waals surface area contributed by atoms with Crippen molar-refractivity contribution in [3.8, 4) is 0 Å². The monoisotopic (exact) mass is 301 g/mol. The molecule has 0 rings (SSSR count). The molecule has 0 heterocycles. The van der Waals surface area contributed by atoms with Crippen LogP contribution in [0, 0.1) is 0 Å². The average Bonchev–Trinajstić information content (AvgIpc) is 1.12. The van der Waals surface area contributed by atoms with Gasteiger partial charge in [-0.15, -0.1) is 0 Å². The van der Waals surface area contributed by atoms with Crippen LogP contribution in [0.5, 0.6) is 0 Å². The van der Waals surface area contributed by atoms with Gasteiger partial charge in [-0.1, -0.05) is 0 Å². The molecule has 0 bridgehead atoms. The van der Waals surface area contributed by atoms with Crippen molar-refractivity contribution in [2.75, 3.05) is 0 Å². The van der Waals surface area contributed by atoms with E-state index >= 15 is 0 Å². The molecule has 11 heteroatoms. The first-order valence-corrected chi connectivity index (χ1v) is 5.09. The van der Waals surface area contributed by atoms with Crippen LogP contribution in [0.3, 0.4) is 0 Å². The van der Waals surface area contributed by atoms with E-state index in [1.807, 2.05) is 0 Å². The minimum atomic E-state index is -5.62. The third-order valence-corrected chi connectivity index (χ3v) is 0. The van der Waals surface area contributed by atoms with Crippen LogP contribution < -0.4 is 8.38 Å². The molecule has 0 spiro atoms. The van der Waals surface area contributed by atoms with Gasteiger partial charge in [0.2, 0.25) is 0 Å². The fourth-order valence-electron chi connectivity index (χ4n) is 0. The van der Waals surface area contributed by atoms with Crippen LogP contribution in [0.2, 0.25) is 0 Å². The Kier molecular flexibility index (Phi) is 9.28. The molecular formula is CuMn2O8. The second-order valence-electron chi connectivity index (χ2n) is 0.756. The van der Waals surface area contributed by atoms with Gasteiger partial charge < -0.3 is 0 Å². The first kappa shape index (κ1) is 17.4. The van der Waals surface area contributed by atoms with Gasteiger partial charge in [-0.3, -0.25) is 0 Å². The standard InChI is InChI=1S/Cu.2Mn.8O/q+2;;;;;;;;;2*-1. The third-order valence-electron chi connectivity index (χ3n) is 0. The Bertz CT molecular complexity index is 296. The average molecular weight is 301 g/mol. The summed E-state index contributed by atoms with van der Waals surface area (Å²) in [5.41, 5.74) is 0. The van der Waals surface area contributed by atoms with E-state index in [4.69, 9.17) is 31.4 Å². The summed E-state index contributed by atoms with van der Waals surface area (Å²) >= 11 is -11.2. The van der Waals surface area contributed by atoms with Crippen LogP contribution in [0.4, 0.5) is 0 Å². The van der Waals surface area contributed by atoms with E-state index in [0.717, 1.165) is 0 Å². The zero-order chi connectivity index (χ0) is 9.00. The van der Waals surface area contributed by atoms with Crippen LogP contribution in [0.1, 0.15) is 0 Å². The number of hydrogen-bond acceptors (Lipinski definition) is 8. The van der Waals surface area contributed by atoms with E-state index in [-0.39, 0.29) is 17.1 Å². The van der Waals surface area contributed by atoms with Gasteiger partial charge in [-0.05, 0) is 0 Å². The molecule has 0 N–H and O–H groups in total. The van der Waals surface area contributed by atoms with E-state index in [1.54, 1.807) is 0 Å². The Labute approximate surface area is 74.4 Å². The molecule has 1 radical (unpaired) electrons. The second-order valence-corrected chi connectivity index (χ2v) is 3.12. The molecule has 0 atom stereocenters. The summed E-state index contributed by atoms with van der Waals surface area (Å²) in [5, 5.41) is 0. The van der Waals surface area contributed by atoms with Gasteiger partial charge in [-0.25, -0.2) is 0 Å². The van der Waals surface area contributed by atoms with Gasteiger partial charge in [0, 0.05) is 0 Å². The van der Waals surface area contributed by atoms with Crippen molar-refractivity contribution in [3.63, 3.8) is 0 Å². The van der Waals surface area contributed by atoms with Crippen molar-refractivity contribution in [1.82, 2.24) is 0 Å². The van der Waals surface area contributed by atoms with E-state index in [1.165, 1.54) is 0 Å². The van der Waals surface area contributed by atoms with Crippen molar-refractivity contribution in [3.05, 3.63) is 0 Å². The van der Waals surface area contributed by atoms with Gasteiger partial charge in [0.15, 0.2) is 0 Å². The molecule has 0 aliphatic heterocycles. The Balaban J connectivity index is -0.000000107. The van der Waals surface area contributed by atoms with Gasteiger partial charge in [0.05, 0.1) is 0 Å². The summed E-state index contributed by atoms with van der Waals surface area (Å²) < 4.78 is 68.6. The minimum absolute atomic E-state index is 0. The third kappa shape index (κ3) is 9090. The van der Waals surface area contributed by atoms with Crippen LogP contribution in [-0.2, 0) is 66.0 Å². The molecule has 0 aromatic carbocycles. The Morgan fingerprint density at radius 1 is 0.636 bits per heavy atom. The molecule has 73 valence electrons. The first-order chi connectivity index (χ1) is 4.00. The summed E-state index contributed by atoms with van der Waals surface area (Å²) in [5.74, 6) is 0. The predicted molar refractivity (Wildman–Crippen MR) is 4.12 cm³/mol. The Hall–Kier alpha value is 0.278. The van der Waals surface area contributed by atoms with E-state index in [0.29, 0.717) is 0 Å². The molecule has 0 saturated heterocycles. The fraction of sp³-hybridized carbons (Fsp3) is 0. The van der Waals surface area contributed by atoms with E-state index < -0.39 is 25.9 Å². The molecule has 0 saturated carbocycles. The molecule has 11 heavy (non-hydrogen) atoms. The molecule has 0 aliphatic rings. The summed E-state index contributed by atoms with van der Waals surface area (Å²) in [6.45, 7) is 0. The predicted octanol–water partition coefficient (Wildman–Crippen LogP) is -3.10. The van der Waals surface area contributed by atoms with Gasteiger partial charge in [0.1, 0.15) is 0 Å². The van der Waals surface area contributed by atoms with Crippen LogP contribution >= 0.6 is 0 Å². The van der Waals surface area contributed by atoms with Crippen molar-refractivity contribution in [2.45, 2.75) is 0 Å². The van der Waals surface area contributed by atoms with Gasteiger partial charge in [-0.2, -0.15) is 0 Å².